The van der Waals surface area contributed by atoms with Crippen molar-refractivity contribution in [1.29, 1.82) is 0 Å². The van der Waals surface area contributed by atoms with Gasteiger partial charge in [0.15, 0.2) is 0 Å². The SMILES string of the molecule is BrCCCN1CCCC1C1CCCC1. The standard InChI is InChI=1S/C12H22BrN/c13-8-4-10-14-9-3-7-12(14)11-5-1-2-6-11/h11-12H,1-10H2. The number of rotatable bonds is 4. The van der Waals surface area contributed by atoms with Crippen LogP contribution < -0.4 is 0 Å². The Morgan fingerprint density at radius 3 is 2.57 bits per heavy atom. The highest BCUT2D eigenvalue weighted by Crippen LogP contribution is 2.35. The first kappa shape index (κ1) is 10.9. The quantitative estimate of drug-likeness (QED) is 0.700. The molecule has 1 aliphatic heterocycles. The van der Waals surface area contributed by atoms with Gasteiger partial charge >= 0.3 is 0 Å². The van der Waals surface area contributed by atoms with Crippen LogP contribution in [0.5, 0.6) is 0 Å². The Bertz CT molecular complexity index is 166. The highest BCUT2D eigenvalue weighted by atomic mass is 79.9. The Labute approximate surface area is 96.4 Å². The Morgan fingerprint density at radius 2 is 1.86 bits per heavy atom. The molecule has 2 rings (SSSR count). The maximum Gasteiger partial charge on any atom is 0.0124 e. The van der Waals surface area contributed by atoms with Gasteiger partial charge in [0.25, 0.3) is 0 Å². The van der Waals surface area contributed by atoms with Gasteiger partial charge in [0.1, 0.15) is 0 Å². The lowest BCUT2D eigenvalue weighted by molar-refractivity contribution is 0.191. The van der Waals surface area contributed by atoms with Crippen molar-refractivity contribution in [1.82, 2.24) is 4.90 Å². The number of likely N-dealkylation sites (tertiary alicyclic amines) is 1. The maximum atomic E-state index is 3.53. The van der Waals surface area contributed by atoms with Gasteiger partial charge in [0, 0.05) is 11.4 Å². The summed E-state index contributed by atoms with van der Waals surface area (Å²) in [6.07, 6.45) is 10.3. The van der Waals surface area contributed by atoms with Crippen molar-refractivity contribution in [2.75, 3.05) is 18.4 Å². The van der Waals surface area contributed by atoms with Crippen molar-refractivity contribution in [3.8, 4) is 0 Å². The molecular formula is C12H22BrN. The fraction of sp³-hybridized carbons (Fsp3) is 1.00. The van der Waals surface area contributed by atoms with E-state index in [1.54, 1.807) is 0 Å². The molecule has 1 saturated carbocycles. The van der Waals surface area contributed by atoms with Gasteiger partial charge in [0.05, 0.1) is 0 Å². The average molecular weight is 260 g/mol. The van der Waals surface area contributed by atoms with E-state index in [2.05, 4.69) is 20.8 Å². The van der Waals surface area contributed by atoms with Crippen LogP contribution in [0.2, 0.25) is 0 Å². The summed E-state index contributed by atoms with van der Waals surface area (Å²) in [6.45, 7) is 2.70. The summed E-state index contributed by atoms with van der Waals surface area (Å²) in [6, 6.07) is 0.955. The van der Waals surface area contributed by atoms with Crippen LogP contribution in [-0.2, 0) is 0 Å². The zero-order valence-electron chi connectivity index (χ0n) is 9.05. The monoisotopic (exact) mass is 259 g/mol. The third kappa shape index (κ3) is 2.52. The van der Waals surface area contributed by atoms with Crippen molar-refractivity contribution in [2.24, 2.45) is 5.92 Å². The van der Waals surface area contributed by atoms with Crippen LogP contribution in [0.3, 0.4) is 0 Å². The first-order valence-electron chi connectivity index (χ1n) is 6.22. The van der Waals surface area contributed by atoms with Crippen molar-refractivity contribution < 1.29 is 0 Å². The van der Waals surface area contributed by atoms with E-state index >= 15 is 0 Å². The molecule has 14 heavy (non-hydrogen) atoms. The lowest BCUT2D eigenvalue weighted by Crippen LogP contribution is -2.35. The van der Waals surface area contributed by atoms with Crippen LogP contribution in [0.1, 0.15) is 44.9 Å². The van der Waals surface area contributed by atoms with Crippen molar-refractivity contribution >= 4 is 15.9 Å². The second kappa shape index (κ2) is 5.50. The molecule has 1 heterocycles. The molecule has 0 radical (unpaired) electrons. The molecule has 0 aromatic rings. The van der Waals surface area contributed by atoms with E-state index in [1.807, 2.05) is 0 Å². The van der Waals surface area contributed by atoms with E-state index in [4.69, 9.17) is 0 Å². The summed E-state index contributed by atoms with van der Waals surface area (Å²) >= 11 is 3.53. The molecule has 0 bridgehead atoms. The summed E-state index contributed by atoms with van der Waals surface area (Å²) in [5, 5.41) is 1.17. The first-order chi connectivity index (χ1) is 6.92. The molecule has 1 atom stereocenters. The highest BCUT2D eigenvalue weighted by Gasteiger charge is 2.32. The van der Waals surface area contributed by atoms with Crippen LogP contribution in [0.4, 0.5) is 0 Å². The summed E-state index contributed by atoms with van der Waals surface area (Å²) in [7, 11) is 0. The normalized spacial score (nSPS) is 30.2. The molecule has 0 spiro atoms. The van der Waals surface area contributed by atoms with E-state index in [9.17, 15) is 0 Å². The maximum absolute atomic E-state index is 3.53. The number of nitrogens with zero attached hydrogens (tertiary/aromatic N) is 1. The molecule has 2 fully saturated rings. The molecule has 2 aliphatic rings. The lowest BCUT2D eigenvalue weighted by atomic mass is 9.96. The van der Waals surface area contributed by atoms with Crippen LogP contribution in [0, 0.1) is 5.92 Å². The van der Waals surface area contributed by atoms with E-state index < -0.39 is 0 Å². The second-order valence-electron chi connectivity index (χ2n) is 4.83. The Morgan fingerprint density at radius 1 is 1.07 bits per heavy atom. The third-order valence-corrected chi connectivity index (χ3v) is 4.50. The van der Waals surface area contributed by atoms with Crippen LogP contribution in [-0.4, -0.2) is 29.4 Å². The fourth-order valence-electron chi connectivity index (χ4n) is 3.27. The highest BCUT2D eigenvalue weighted by molar-refractivity contribution is 9.09. The van der Waals surface area contributed by atoms with Crippen molar-refractivity contribution in [2.45, 2.75) is 51.0 Å². The molecule has 2 heteroatoms. The largest absolute Gasteiger partial charge is 0.300 e. The molecule has 1 aliphatic carbocycles. The minimum atomic E-state index is 0.955. The summed E-state index contributed by atoms with van der Waals surface area (Å²) in [4.78, 5) is 2.76. The van der Waals surface area contributed by atoms with Gasteiger partial charge in [-0.3, -0.25) is 0 Å². The summed E-state index contributed by atoms with van der Waals surface area (Å²) in [5.41, 5.74) is 0. The van der Waals surface area contributed by atoms with Gasteiger partial charge < -0.3 is 4.90 Å². The van der Waals surface area contributed by atoms with Crippen molar-refractivity contribution in [3.63, 3.8) is 0 Å². The third-order valence-electron chi connectivity index (χ3n) is 3.94. The number of alkyl halides is 1. The minimum absolute atomic E-state index is 0.955. The predicted molar refractivity (Wildman–Crippen MR) is 65.0 cm³/mol. The zero-order chi connectivity index (χ0) is 9.80. The van der Waals surface area contributed by atoms with Crippen LogP contribution in [0.25, 0.3) is 0 Å². The Kier molecular flexibility index (Phi) is 4.30. The van der Waals surface area contributed by atoms with E-state index in [-0.39, 0.29) is 0 Å². The molecule has 1 nitrogen and oxygen atoms in total. The van der Waals surface area contributed by atoms with E-state index in [1.165, 1.54) is 63.4 Å². The van der Waals surface area contributed by atoms with Gasteiger partial charge in [-0.05, 0) is 51.1 Å². The molecule has 0 aromatic carbocycles. The molecular weight excluding hydrogens is 238 g/mol. The Hall–Kier alpha value is 0.440. The van der Waals surface area contributed by atoms with Gasteiger partial charge in [0.2, 0.25) is 0 Å². The second-order valence-corrected chi connectivity index (χ2v) is 5.63. The van der Waals surface area contributed by atoms with E-state index in [0.29, 0.717) is 0 Å². The zero-order valence-corrected chi connectivity index (χ0v) is 10.6. The van der Waals surface area contributed by atoms with Gasteiger partial charge in [-0.2, -0.15) is 0 Å². The van der Waals surface area contributed by atoms with Crippen LogP contribution >= 0.6 is 15.9 Å². The van der Waals surface area contributed by atoms with Gasteiger partial charge in [-0.1, -0.05) is 28.8 Å². The number of halogens is 1. The lowest BCUT2D eigenvalue weighted by Gasteiger charge is -2.29. The molecule has 82 valence electrons. The average Bonchev–Trinajstić information content (AvgIpc) is 2.84. The van der Waals surface area contributed by atoms with E-state index in [0.717, 1.165) is 12.0 Å². The van der Waals surface area contributed by atoms with Crippen molar-refractivity contribution in [3.05, 3.63) is 0 Å². The topological polar surface area (TPSA) is 3.24 Å². The molecule has 0 N–H and O–H groups in total. The first-order valence-corrected chi connectivity index (χ1v) is 7.34. The summed E-state index contributed by atoms with van der Waals surface area (Å²) < 4.78 is 0. The number of hydrogen-bond donors (Lipinski definition) is 0. The number of hydrogen-bond acceptors (Lipinski definition) is 1. The molecule has 0 aromatic heterocycles. The minimum Gasteiger partial charge on any atom is -0.300 e. The smallest absolute Gasteiger partial charge is 0.0124 e. The molecule has 1 saturated heterocycles. The van der Waals surface area contributed by atoms with Crippen LogP contribution in [0.15, 0.2) is 0 Å². The van der Waals surface area contributed by atoms with Gasteiger partial charge in [-0.15, -0.1) is 0 Å². The Balaban J connectivity index is 1.82. The molecule has 1 unspecified atom stereocenters. The fourth-order valence-corrected chi connectivity index (χ4v) is 3.52. The predicted octanol–water partition coefficient (Wildman–Crippen LogP) is 3.43. The van der Waals surface area contributed by atoms with Gasteiger partial charge in [-0.25, -0.2) is 0 Å². The summed E-state index contributed by atoms with van der Waals surface area (Å²) in [5.74, 6) is 1.05. The molecule has 0 amide bonds.